The van der Waals surface area contributed by atoms with Gasteiger partial charge in [-0.3, -0.25) is 4.79 Å². The third-order valence-corrected chi connectivity index (χ3v) is 3.12. The molecule has 0 aromatic heterocycles. The number of hydrogen-bond donors (Lipinski definition) is 1. The van der Waals surface area contributed by atoms with Gasteiger partial charge in [0.15, 0.2) is 11.6 Å². The lowest BCUT2D eigenvalue weighted by Crippen LogP contribution is -2.23. The molecule has 0 atom stereocenters. The maximum Gasteiger partial charge on any atom is 0.309 e. The Balaban J connectivity index is 2.32. The fraction of sp³-hybridized carbons (Fsp3) is 0.533. The van der Waals surface area contributed by atoms with Crippen molar-refractivity contribution in [1.29, 1.82) is 0 Å². The maximum atomic E-state index is 13.4. The normalized spacial score (nSPS) is 11.4. The van der Waals surface area contributed by atoms with E-state index in [-0.39, 0.29) is 11.6 Å². The van der Waals surface area contributed by atoms with Crippen LogP contribution in [-0.2, 0) is 4.79 Å². The van der Waals surface area contributed by atoms with Gasteiger partial charge < -0.3 is 9.84 Å². The smallest absolute Gasteiger partial charge is 0.309 e. The predicted molar refractivity (Wildman–Crippen MR) is 71.9 cm³/mol. The molecule has 0 spiro atoms. The lowest BCUT2D eigenvalue weighted by atomic mass is 9.87. The molecule has 1 N–H and O–H groups in total. The van der Waals surface area contributed by atoms with Crippen LogP contribution >= 0.6 is 0 Å². The molecular formula is C15H21FO3. The molecule has 0 unspecified atom stereocenters. The van der Waals surface area contributed by atoms with E-state index < -0.39 is 11.4 Å². The molecule has 3 nitrogen and oxygen atoms in total. The molecular weight excluding hydrogens is 247 g/mol. The molecule has 19 heavy (non-hydrogen) atoms. The number of carbonyl (C=O) groups is 1. The third kappa shape index (κ3) is 4.89. The van der Waals surface area contributed by atoms with E-state index in [1.54, 1.807) is 26.0 Å². The number of benzene rings is 1. The summed E-state index contributed by atoms with van der Waals surface area (Å²) in [5.74, 6) is -0.896. The molecule has 0 bridgehead atoms. The molecule has 0 aliphatic heterocycles. The number of hydrogen-bond acceptors (Lipinski definition) is 2. The van der Waals surface area contributed by atoms with Crippen molar-refractivity contribution in [3.8, 4) is 5.75 Å². The molecule has 1 aromatic carbocycles. The zero-order valence-corrected chi connectivity index (χ0v) is 11.7. The van der Waals surface area contributed by atoms with Crippen LogP contribution in [-0.4, -0.2) is 17.7 Å². The Labute approximate surface area is 113 Å². The minimum absolute atomic E-state index is 0.262. The lowest BCUT2D eigenvalue weighted by molar-refractivity contribution is -0.147. The average Bonchev–Trinajstić information content (AvgIpc) is 2.32. The molecule has 106 valence electrons. The van der Waals surface area contributed by atoms with Gasteiger partial charge >= 0.3 is 5.97 Å². The first kappa shape index (κ1) is 15.5. The number of aliphatic carboxylic acids is 1. The Kier molecular flexibility index (Phi) is 5.33. The monoisotopic (exact) mass is 268 g/mol. The number of aryl methyl sites for hydroxylation is 1. The number of unbranched alkanes of at least 4 members (excludes halogenated alkanes) is 1. The van der Waals surface area contributed by atoms with E-state index in [0.29, 0.717) is 19.4 Å². The maximum absolute atomic E-state index is 13.4. The van der Waals surface area contributed by atoms with Crippen LogP contribution < -0.4 is 4.74 Å². The van der Waals surface area contributed by atoms with Crippen LogP contribution in [0.4, 0.5) is 4.39 Å². The fourth-order valence-corrected chi connectivity index (χ4v) is 1.68. The van der Waals surface area contributed by atoms with Gasteiger partial charge in [0.25, 0.3) is 0 Å². The lowest BCUT2D eigenvalue weighted by Gasteiger charge is -2.18. The van der Waals surface area contributed by atoms with Crippen molar-refractivity contribution >= 4 is 5.97 Å². The van der Waals surface area contributed by atoms with Crippen LogP contribution in [0.15, 0.2) is 18.2 Å². The number of carboxylic acids is 1. The number of halogens is 1. The fourth-order valence-electron chi connectivity index (χ4n) is 1.68. The van der Waals surface area contributed by atoms with Crippen LogP contribution in [0.2, 0.25) is 0 Å². The summed E-state index contributed by atoms with van der Waals surface area (Å²) in [6, 6.07) is 4.74. The molecule has 0 heterocycles. The highest BCUT2D eigenvalue weighted by Gasteiger charge is 2.25. The van der Waals surface area contributed by atoms with Gasteiger partial charge in [0.1, 0.15) is 0 Å². The van der Waals surface area contributed by atoms with E-state index in [4.69, 9.17) is 9.84 Å². The van der Waals surface area contributed by atoms with Gasteiger partial charge in [-0.2, -0.15) is 0 Å². The van der Waals surface area contributed by atoms with E-state index in [0.717, 1.165) is 12.0 Å². The Morgan fingerprint density at radius 2 is 2.05 bits per heavy atom. The average molecular weight is 268 g/mol. The van der Waals surface area contributed by atoms with Crippen molar-refractivity contribution in [3.05, 3.63) is 29.6 Å². The van der Waals surface area contributed by atoms with Crippen molar-refractivity contribution in [2.75, 3.05) is 6.61 Å². The molecule has 0 radical (unpaired) electrons. The summed E-state index contributed by atoms with van der Waals surface area (Å²) < 4.78 is 18.7. The molecule has 4 heteroatoms. The van der Waals surface area contributed by atoms with Crippen LogP contribution in [0.25, 0.3) is 0 Å². The van der Waals surface area contributed by atoms with Crippen LogP contribution in [0.5, 0.6) is 5.75 Å². The van der Waals surface area contributed by atoms with Gasteiger partial charge in [0, 0.05) is 0 Å². The second kappa shape index (κ2) is 6.55. The first-order valence-corrected chi connectivity index (χ1v) is 6.45. The minimum Gasteiger partial charge on any atom is -0.491 e. The van der Waals surface area contributed by atoms with Gasteiger partial charge in [0.05, 0.1) is 12.0 Å². The molecule has 0 amide bonds. The first-order valence-electron chi connectivity index (χ1n) is 6.45. The summed E-state index contributed by atoms with van der Waals surface area (Å²) in [4.78, 5) is 10.9. The minimum atomic E-state index is -0.793. The van der Waals surface area contributed by atoms with Gasteiger partial charge in [-0.15, -0.1) is 0 Å². The van der Waals surface area contributed by atoms with E-state index >= 15 is 0 Å². The van der Waals surface area contributed by atoms with Crippen LogP contribution in [0, 0.1) is 18.2 Å². The molecule has 0 aliphatic rings. The van der Waals surface area contributed by atoms with E-state index in [2.05, 4.69) is 0 Å². The van der Waals surface area contributed by atoms with E-state index in [9.17, 15) is 9.18 Å². The molecule has 1 aromatic rings. The van der Waals surface area contributed by atoms with Crippen molar-refractivity contribution < 1.29 is 19.0 Å². The quantitative estimate of drug-likeness (QED) is 0.765. The highest BCUT2D eigenvalue weighted by atomic mass is 19.1. The standard InChI is InChI=1S/C15H21FO3/c1-11-6-7-12(16)13(10-11)19-9-5-4-8-15(2,3)14(17)18/h6-7,10H,4-5,8-9H2,1-3H3,(H,17,18). The first-order chi connectivity index (χ1) is 8.83. The summed E-state index contributed by atoms with van der Waals surface area (Å²) in [6.07, 6.45) is 2.04. The predicted octanol–water partition coefficient (Wildman–Crippen LogP) is 3.79. The van der Waals surface area contributed by atoms with Gasteiger partial charge in [-0.1, -0.05) is 6.07 Å². The highest BCUT2D eigenvalue weighted by molar-refractivity contribution is 5.73. The molecule has 0 saturated heterocycles. The number of ether oxygens (including phenoxy) is 1. The second-order valence-electron chi connectivity index (χ2n) is 5.43. The van der Waals surface area contributed by atoms with Crippen LogP contribution in [0.1, 0.15) is 38.7 Å². The molecule has 0 saturated carbocycles. The molecule has 1 rings (SSSR count). The van der Waals surface area contributed by atoms with Crippen molar-refractivity contribution in [2.45, 2.75) is 40.0 Å². The Bertz CT molecular complexity index is 441. The Hall–Kier alpha value is -1.58. The summed E-state index contributed by atoms with van der Waals surface area (Å²) in [6.45, 7) is 5.69. The number of carboxylic acid groups (broad SMARTS) is 1. The zero-order valence-electron chi connectivity index (χ0n) is 11.7. The summed E-state index contributed by atoms with van der Waals surface area (Å²) in [5.41, 5.74) is 0.234. The third-order valence-electron chi connectivity index (χ3n) is 3.12. The van der Waals surface area contributed by atoms with E-state index in [1.165, 1.54) is 6.07 Å². The zero-order chi connectivity index (χ0) is 14.5. The van der Waals surface area contributed by atoms with Gasteiger partial charge in [0.2, 0.25) is 0 Å². The largest absolute Gasteiger partial charge is 0.491 e. The van der Waals surface area contributed by atoms with E-state index in [1.807, 2.05) is 6.92 Å². The number of rotatable bonds is 7. The van der Waals surface area contributed by atoms with Gasteiger partial charge in [-0.25, -0.2) is 4.39 Å². The van der Waals surface area contributed by atoms with Crippen molar-refractivity contribution in [2.24, 2.45) is 5.41 Å². The molecule has 0 fully saturated rings. The highest BCUT2D eigenvalue weighted by Crippen LogP contribution is 2.24. The summed E-state index contributed by atoms with van der Waals surface area (Å²) in [7, 11) is 0. The SMILES string of the molecule is Cc1ccc(F)c(OCCCCC(C)(C)C(=O)O)c1. The Morgan fingerprint density at radius 3 is 2.68 bits per heavy atom. The Morgan fingerprint density at radius 1 is 1.37 bits per heavy atom. The summed E-state index contributed by atoms with van der Waals surface area (Å²) >= 11 is 0. The van der Waals surface area contributed by atoms with Crippen LogP contribution in [0.3, 0.4) is 0 Å². The molecule has 0 aliphatic carbocycles. The summed E-state index contributed by atoms with van der Waals surface area (Å²) in [5, 5.41) is 8.96. The second-order valence-corrected chi connectivity index (χ2v) is 5.43. The van der Waals surface area contributed by atoms with Gasteiger partial charge in [-0.05, 0) is 57.7 Å². The van der Waals surface area contributed by atoms with Crippen molar-refractivity contribution in [3.63, 3.8) is 0 Å². The van der Waals surface area contributed by atoms with Crippen molar-refractivity contribution in [1.82, 2.24) is 0 Å². The topological polar surface area (TPSA) is 46.5 Å².